The van der Waals surface area contributed by atoms with E-state index < -0.39 is 0 Å². The monoisotopic (exact) mass is 534 g/mol. The van der Waals surface area contributed by atoms with Crippen molar-refractivity contribution in [2.24, 2.45) is 5.41 Å². The van der Waals surface area contributed by atoms with Gasteiger partial charge in [-0.25, -0.2) is 5.57 Å². The summed E-state index contributed by atoms with van der Waals surface area (Å²) in [5.41, 5.74) is 11.9. The molecule has 1 aromatic carbocycles. The molecular formula is C21H32Cl2Hf. The van der Waals surface area contributed by atoms with E-state index >= 15 is 0 Å². The van der Waals surface area contributed by atoms with Gasteiger partial charge in [0.2, 0.25) is 0 Å². The normalized spacial score (nSPS) is 14.7. The number of halogens is 2. The van der Waals surface area contributed by atoms with Crippen LogP contribution < -0.4 is 24.8 Å². The van der Waals surface area contributed by atoms with Crippen LogP contribution in [0.1, 0.15) is 69.4 Å². The van der Waals surface area contributed by atoms with Gasteiger partial charge >= 0.3 is 25.8 Å². The van der Waals surface area contributed by atoms with Crippen molar-refractivity contribution in [3.63, 3.8) is 0 Å². The Hall–Kier alpha value is 0.280. The fraction of sp³-hybridized carbons (Fsp3) is 0.571. The average molecular weight is 534 g/mol. The molecule has 24 heavy (non-hydrogen) atoms. The van der Waals surface area contributed by atoms with Crippen molar-refractivity contribution in [2.75, 3.05) is 0 Å². The summed E-state index contributed by atoms with van der Waals surface area (Å²) in [7, 11) is 0. The van der Waals surface area contributed by atoms with E-state index in [1.54, 1.807) is 5.56 Å². The summed E-state index contributed by atoms with van der Waals surface area (Å²) in [6.45, 7) is 22.0. The molecule has 0 saturated carbocycles. The maximum atomic E-state index is 3.44. The molecule has 134 valence electrons. The van der Waals surface area contributed by atoms with Crippen molar-refractivity contribution in [3.8, 4) is 0 Å². The zero-order chi connectivity index (χ0) is 16.5. The molecule has 0 fully saturated rings. The van der Waals surface area contributed by atoms with Crippen molar-refractivity contribution in [3.05, 3.63) is 50.6 Å². The van der Waals surface area contributed by atoms with Gasteiger partial charge in [0.15, 0.2) is 0 Å². The van der Waals surface area contributed by atoms with Crippen LogP contribution in [0.2, 0.25) is 0 Å². The van der Waals surface area contributed by atoms with E-state index in [1.807, 2.05) is 0 Å². The zero-order valence-electron chi connectivity index (χ0n) is 17.0. The minimum Gasteiger partial charge on any atom is -1.00 e. The van der Waals surface area contributed by atoms with E-state index in [9.17, 15) is 0 Å². The summed E-state index contributed by atoms with van der Waals surface area (Å²) in [5.74, 6) is 0. The van der Waals surface area contributed by atoms with E-state index in [-0.39, 0.29) is 56.1 Å². The van der Waals surface area contributed by atoms with E-state index in [2.05, 4.69) is 75.3 Å². The average Bonchev–Trinajstić information content (AvgIpc) is 2.71. The minimum absolute atomic E-state index is 0. The van der Waals surface area contributed by atoms with E-state index in [1.165, 1.54) is 45.4 Å². The Balaban J connectivity index is -0.000000328. The van der Waals surface area contributed by atoms with Crippen molar-refractivity contribution in [2.45, 2.75) is 75.7 Å². The quantitative estimate of drug-likeness (QED) is 0.360. The first-order valence-corrected chi connectivity index (χ1v) is 8.06. The molecule has 0 bridgehead atoms. The van der Waals surface area contributed by atoms with Gasteiger partial charge in [0, 0.05) is 0 Å². The van der Waals surface area contributed by atoms with Crippen molar-refractivity contribution < 1.29 is 50.7 Å². The molecule has 3 heteroatoms. The molecule has 0 saturated heterocycles. The van der Waals surface area contributed by atoms with Crippen LogP contribution >= 0.6 is 0 Å². The number of hydrogen-bond donors (Lipinski definition) is 0. The molecular weight excluding hydrogens is 502 g/mol. The Kier molecular flexibility index (Phi) is 13.4. The van der Waals surface area contributed by atoms with Crippen LogP contribution in [-0.2, 0) is 32.3 Å². The third-order valence-corrected chi connectivity index (χ3v) is 5.51. The van der Waals surface area contributed by atoms with Gasteiger partial charge in [-0.2, -0.15) is 39.0 Å². The second-order valence-corrected chi connectivity index (χ2v) is 6.96. The fourth-order valence-corrected chi connectivity index (χ4v) is 3.23. The van der Waals surface area contributed by atoms with Crippen molar-refractivity contribution >= 4 is 0 Å². The minimum atomic E-state index is 0. The molecule has 0 atom stereocenters. The van der Waals surface area contributed by atoms with Gasteiger partial charge in [-0.05, 0) is 0 Å². The Morgan fingerprint density at radius 1 is 0.833 bits per heavy atom. The molecule has 0 aliphatic heterocycles. The molecule has 0 spiro atoms. The predicted octanol–water partition coefficient (Wildman–Crippen LogP) is 0.319. The summed E-state index contributed by atoms with van der Waals surface area (Å²) < 4.78 is 0. The van der Waals surface area contributed by atoms with Gasteiger partial charge in [0.05, 0.1) is 0 Å². The molecule has 0 radical (unpaired) electrons. The molecule has 1 aromatic rings. The molecule has 0 aromatic heterocycles. The molecule has 0 unspecified atom stereocenters. The second kappa shape index (κ2) is 11.1. The van der Waals surface area contributed by atoms with Crippen LogP contribution in [0, 0.1) is 39.2 Å². The molecule has 2 rings (SSSR count). The van der Waals surface area contributed by atoms with Gasteiger partial charge in [-0.3, -0.25) is 6.08 Å². The summed E-state index contributed by atoms with van der Waals surface area (Å²) in [5, 5.41) is 0. The summed E-state index contributed by atoms with van der Waals surface area (Å²) in [6.07, 6.45) is 4.61. The van der Waals surface area contributed by atoms with Crippen LogP contribution in [0.15, 0.2) is 16.7 Å². The molecule has 0 nitrogen and oxygen atoms in total. The maximum absolute atomic E-state index is 3.44. The third-order valence-electron chi connectivity index (χ3n) is 5.51. The van der Waals surface area contributed by atoms with Crippen LogP contribution in [-0.4, -0.2) is 0 Å². The van der Waals surface area contributed by atoms with Gasteiger partial charge in [-0.15, -0.1) is 6.92 Å². The number of rotatable bonds is 1. The first-order chi connectivity index (χ1) is 9.54. The Morgan fingerprint density at radius 2 is 1.21 bits per heavy atom. The van der Waals surface area contributed by atoms with Gasteiger partial charge in [0.25, 0.3) is 0 Å². The zero-order valence-corrected chi connectivity index (χ0v) is 22.1. The van der Waals surface area contributed by atoms with Crippen LogP contribution in [0.3, 0.4) is 0 Å². The topological polar surface area (TPSA) is 0 Å². The molecule has 0 amide bonds. The molecule has 1 aliphatic carbocycles. The standard InChI is InChI=1S/C11H17.C10H15.2ClH.Hf/c1-6-11-9(4)7(2)8(3)10(11)5;1-7-6-10(4,5)9(3)8(7)2;;;/h6H2,1-5H3;1-5H3;2*1H;/q2*-1;;;+4/p-2. The molecule has 0 heterocycles. The first-order valence-electron chi connectivity index (χ1n) is 8.06. The fourth-order valence-electron chi connectivity index (χ4n) is 3.23. The van der Waals surface area contributed by atoms with Gasteiger partial charge in [-0.1, -0.05) is 74.1 Å². The Bertz CT molecular complexity index is 576. The Morgan fingerprint density at radius 3 is 1.33 bits per heavy atom. The summed E-state index contributed by atoms with van der Waals surface area (Å²) in [6, 6.07) is 0. The first kappa shape index (κ1) is 29.1. The van der Waals surface area contributed by atoms with E-state index in [0.717, 1.165) is 0 Å². The Labute approximate surface area is 181 Å². The summed E-state index contributed by atoms with van der Waals surface area (Å²) in [4.78, 5) is 0. The molecule has 0 N–H and O–H groups in total. The summed E-state index contributed by atoms with van der Waals surface area (Å²) >= 11 is 0. The molecule has 1 aliphatic rings. The SMILES string of the molecule is CC1=[C-]C(C)(C)C(C)=C1C.CC[c-]1c(C)c(C)c(C)c1C.[Cl-].[Cl-].[Hf+4]. The predicted molar refractivity (Wildman–Crippen MR) is 94.9 cm³/mol. The maximum Gasteiger partial charge on any atom is 4.00 e. The van der Waals surface area contributed by atoms with Crippen LogP contribution in [0.5, 0.6) is 0 Å². The van der Waals surface area contributed by atoms with Gasteiger partial charge < -0.3 is 24.8 Å². The number of hydrogen-bond acceptors (Lipinski definition) is 0. The largest absolute Gasteiger partial charge is 4.00 e. The van der Waals surface area contributed by atoms with Crippen molar-refractivity contribution in [1.29, 1.82) is 0 Å². The smallest absolute Gasteiger partial charge is 1.00 e. The van der Waals surface area contributed by atoms with Crippen LogP contribution in [0.25, 0.3) is 0 Å². The second-order valence-electron chi connectivity index (χ2n) is 6.96. The van der Waals surface area contributed by atoms with E-state index in [4.69, 9.17) is 0 Å². The van der Waals surface area contributed by atoms with Crippen molar-refractivity contribution in [1.82, 2.24) is 0 Å². The van der Waals surface area contributed by atoms with Gasteiger partial charge in [0.1, 0.15) is 0 Å². The number of allylic oxidation sites excluding steroid dienone is 4. The van der Waals surface area contributed by atoms with E-state index in [0.29, 0.717) is 0 Å². The third kappa shape index (κ3) is 5.92. The van der Waals surface area contributed by atoms with Crippen LogP contribution in [0.4, 0.5) is 0 Å².